The van der Waals surface area contributed by atoms with Crippen LogP contribution in [0, 0.1) is 5.92 Å². The van der Waals surface area contributed by atoms with Crippen molar-refractivity contribution in [3.05, 3.63) is 35.9 Å². The maximum atomic E-state index is 12.8. The first kappa shape index (κ1) is 14.4. The van der Waals surface area contributed by atoms with Gasteiger partial charge in [-0.05, 0) is 24.3 Å². The third kappa shape index (κ3) is 2.94. The number of carbonyl (C=O) groups excluding carboxylic acids is 1. The van der Waals surface area contributed by atoms with Crippen LogP contribution in [0.15, 0.2) is 30.3 Å². The number of carbonyl (C=O) groups is 1. The zero-order valence-electron chi connectivity index (χ0n) is 11.7. The minimum atomic E-state index is -0.0304. The molecule has 0 spiro atoms. The molecule has 2 rings (SSSR count). The van der Waals surface area contributed by atoms with Gasteiger partial charge in [-0.15, -0.1) is 11.6 Å². The molecule has 0 radical (unpaired) electrons. The van der Waals surface area contributed by atoms with Crippen molar-refractivity contribution >= 4 is 17.5 Å². The van der Waals surface area contributed by atoms with Crippen LogP contribution in [0.25, 0.3) is 0 Å². The summed E-state index contributed by atoms with van der Waals surface area (Å²) in [5, 5.41) is 0. The number of nitrogens with zero attached hydrogens (tertiary/aromatic N) is 1. The molecule has 1 fully saturated rings. The Balaban J connectivity index is 2.18. The second-order valence-corrected chi connectivity index (χ2v) is 5.70. The summed E-state index contributed by atoms with van der Waals surface area (Å²) in [5.41, 5.74) is 1.11. The van der Waals surface area contributed by atoms with Crippen molar-refractivity contribution in [2.75, 3.05) is 12.4 Å². The molecule has 0 bridgehead atoms. The van der Waals surface area contributed by atoms with E-state index in [4.69, 9.17) is 11.6 Å². The van der Waals surface area contributed by atoms with E-state index in [0.29, 0.717) is 11.8 Å². The second kappa shape index (κ2) is 6.42. The first-order valence-electron chi connectivity index (χ1n) is 7.10. The fourth-order valence-corrected chi connectivity index (χ4v) is 3.43. The molecule has 1 aromatic carbocycles. The summed E-state index contributed by atoms with van der Waals surface area (Å²) in [7, 11) is 0. The zero-order chi connectivity index (χ0) is 13.8. The largest absolute Gasteiger partial charge is 0.338 e. The predicted octanol–water partition coefficient (Wildman–Crippen LogP) is 3.66. The molecule has 104 valence electrons. The van der Waals surface area contributed by atoms with Gasteiger partial charge < -0.3 is 4.90 Å². The van der Waals surface area contributed by atoms with E-state index in [-0.39, 0.29) is 17.9 Å². The first-order chi connectivity index (χ1) is 9.19. The minimum Gasteiger partial charge on any atom is -0.338 e. The molecule has 0 aromatic heterocycles. The Kier molecular flexibility index (Phi) is 4.87. The lowest BCUT2D eigenvalue weighted by Crippen LogP contribution is -2.41. The second-order valence-electron chi connectivity index (χ2n) is 5.39. The summed E-state index contributed by atoms with van der Waals surface area (Å²) in [6.45, 7) is 5.11. The van der Waals surface area contributed by atoms with Crippen LogP contribution in [-0.2, 0) is 4.79 Å². The van der Waals surface area contributed by atoms with Gasteiger partial charge in [-0.2, -0.15) is 0 Å². The quantitative estimate of drug-likeness (QED) is 0.771. The number of alkyl halides is 1. The summed E-state index contributed by atoms with van der Waals surface area (Å²) in [5.74, 6) is 1.26. The van der Waals surface area contributed by atoms with Gasteiger partial charge in [0.2, 0.25) is 5.91 Å². The normalized spacial score (nSPS) is 24.5. The Morgan fingerprint density at radius 2 is 2.11 bits per heavy atom. The molecule has 1 aliphatic rings. The number of rotatable bonds is 4. The standard InChI is InChI=1S/C16H22ClNO/c1-3-14(13-7-5-4-6-8-13)16(19)18-10-9-12(2)15(18)11-17/h4-8,12,14-15H,3,9-11H2,1-2H3. The molecule has 19 heavy (non-hydrogen) atoms. The van der Waals surface area contributed by atoms with Crippen LogP contribution in [0.4, 0.5) is 0 Å². The van der Waals surface area contributed by atoms with Crippen molar-refractivity contribution in [1.29, 1.82) is 0 Å². The highest BCUT2D eigenvalue weighted by atomic mass is 35.5. The molecular formula is C16H22ClNO. The van der Waals surface area contributed by atoms with Gasteiger partial charge in [-0.3, -0.25) is 4.79 Å². The number of likely N-dealkylation sites (tertiary alicyclic amines) is 1. The highest BCUT2D eigenvalue weighted by Crippen LogP contribution is 2.30. The van der Waals surface area contributed by atoms with Gasteiger partial charge in [-0.25, -0.2) is 0 Å². The Morgan fingerprint density at radius 1 is 1.42 bits per heavy atom. The summed E-state index contributed by atoms with van der Waals surface area (Å²) >= 11 is 6.04. The number of amides is 1. The van der Waals surface area contributed by atoms with Crippen molar-refractivity contribution < 1.29 is 4.79 Å². The zero-order valence-corrected chi connectivity index (χ0v) is 12.4. The van der Waals surface area contributed by atoms with Crippen LogP contribution in [-0.4, -0.2) is 29.3 Å². The molecular weight excluding hydrogens is 258 g/mol. The van der Waals surface area contributed by atoms with Crippen LogP contribution >= 0.6 is 11.6 Å². The number of halogens is 1. The number of benzene rings is 1. The van der Waals surface area contributed by atoms with Crippen molar-refractivity contribution in [1.82, 2.24) is 4.90 Å². The first-order valence-corrected chi connectivity index (χ1v) is 7.63. The lowest BCUT2D eigenvalue weighted by atomic mass is 9.94. The Morgan fingerprint density at radius 3 is 2.68 bits per heavy atom. The molecule has 1 amide bonds. The average Bonchev–Trinajstić information content (AvgIpc) is 2.81. The summed E-state index contributed by atoms with van der Waals surface area (Å²) in [6.07, 6.45) is 1.90. The lowest BCUT2D eigenvalue weighted by Gasteiger charge is -2.29. The minimum absolute atomic E-state index is 0.0304. The summed E-state index contributed by atoms with van der Waals surface area (Å²) < 4.78 is 0. The van der Waals surface area contributed by atoms with Crippen LogP contribution in [0.1, 0.15) is 38.2 Å². The molecule has 3 atom stereocenters. The Labute approximate surface area is 120 Å². The van der Waals surface area contributed by atoms with Crippen LogP contribution < -0.4 is 0 Å². The van der Waals surface area contributed by atoms with E-state index in [1.165, 1.54) is 0 Å². The molecule has 1 saturated heterocycles. The van der Waals surface area contributed by atoms with Crippen LogP contribution in [0.3, 0.4) is 0 Å². The van der Waals surface area contributed by atoms with Gasteiger partial charge in [0.15, 0.2) is 0 Å². The monoisotopic (exact) mass is 279 g/mol. The van der Waals surface area contributed by atoms with Gasteiger partial charge in [0, 0.05) is 18.5 Å². The van der Waals surface area contributed by atoms with Crippen LogP contribution in [0.2, 0.25) is 0 Å². The van der Waals surface area contributed by atoms with Crippen molar-refractivity contribution in [2.24, 2.45) is 5.92 Å². The molecule has 3 heteroatoms. The van der Waals surface area contributed by atoms with Crippen molar-refractivity contribution in [3.63, 3.8) is 0 Å². The SMILES string of the molecule is CCC(C(=O)N1CCC(C)C1CCl)c1ccccc1. The third-order valence-electron chi connectivity index (χ3n) is 4.23. The van der Waals surface area contributed by atoms with E-state index in [0.717, 1.165) is 24.9 Å². The van der Waals surface area contributed by atoms with Crippen LogP contribution in [0.5, 0.6) is 0 Å². The fraction of sp³-hybridized carbons (Fsp3) is 0.562. The molecule has 1 heterocycles. The Bertz CT molecular complexity index is 420. The molecule has 0 aliphatic carbocycles. The Hall–Kier alpha value is -1.02. The van der Waals surface area contributed by atoms with E-state index in [2.05, 4.69) is 13.8 Å². The topological polar surface area (TPSA) is 20.3 Å². The van der Waals surface area contributed by atoms with Gasteiger partial charge in [0.25, 0.3) is 0 Å². The third-order valence-corrected chi connectivity index (χ3v) is 4.55. The highest BCUT2D eigenvalue weighted by molar-refractivity contribution is 6.18. The predicted molar refractivity (Wildman–Crippen MR) is 79.5 cm³/mol. The highest BCUT2D eigenvalue weighted by Gasteiger charge is 2.36. The van der Waals surface area contributed by atoms with E-state index < -0.39 is 0 Å². The number of hydrogen-bond donors (Lipinski definition) is 0. The van der Waals surface area contributed by atoms with E-state index in [9.17, 15) is 4.79 Å². The van der Waals surface area contributed by atoms with E-state index in [1.807, 2.05) is 35.2 Å². The molecule has 3 unspecified atom stereocenters. The maximum absolute atomic E-state index is 12.8. The van der Waals surface area contributed by atoms with E-state index >= 15 is 0 Å². The van der Waals surface area contributed by atoms with Gasteiger partial charge in [0.1, 0.15) is 0 Å². The fourth-order valence-electron chi connectivity index (χ4n) is 2.96. The molecule has 1 aromatic rings. The van der Waals surface area contributed by atoms with Crippen molar-refractivity contribution in [2.45, 2.75) is 38.6 Å². The van der Waals surface area contributed by atoms with Gasteiger partial charge in [0.05, 0.1) is 5.92 Å². The molecule has 2 nitrogen and oxygen atoms in total. The van der Waals surface area contributed by atoms with Crippen molar-refractivity contribution in [3.8, 4) is 0 Å². The average molecular weight is 280 g/mol. The maximum Gasteiger partial charge on any atom is 0.230 e. The molecule has 0 saturated carbocycles. The van der Waals surface area contributed by atoms with Gasteiger partial charge in [-0.1, -0.05) is 44.2 Å². The molecule has 1 aliphatic heterocycles. The van der Waals surface area contributed by atoms with Gasteiger partial charge >= 0.3 is 0 Å². The lowest BCUT2D eigenvalue weighted by molar-refractivity contribution is -0.133. The summed E-state index contributed by atoms with van der Waals surface area (Å²) in [6, 6.07) is 10.3. The summed E-state index contributed by atoms with van der Waals surface area (Å²) in [4.78, 5) is 14.8. The van der Waals surface area contributed by atoms with E-state index in [1.54, 1.807) is 0 Å². The number of hydrogen-bond acceptors (Lipinski definition) is 1. The smallest absolute Gasteiger partial charge is 0.230 e. The molecule has 0 N–H and O–H groups in total.